The first-order valence-corrected chi connectivity index (χ1v) is 10.4. The van der Waals surface area contributed by atoms with Gasteiger partial charge in [-0.2, -0.15) is 0 Å². The normalized spacial score (nSPS) is 31.5. The standard InChI is InChI=1S/C21H23NO5.C2H4O2/c1-11(23)25-16-6-4-13-10-15-14-5-7-17(26-12(2)24)20-21(14,8-9-22(15)3)18(13)19(16)27-20;1-2(3)4/h4-7,14-15,17,20H,8-10H2,1-3H3;1H3,(H,3,4)/t14-,15+,17-,20-,21-;/m0./s1. The van der Waals surface area contributed by atoms with Crippen LogP contribution in [0.3, 0.4) is 0 Å². The molecule has 2 aliphatic carbocycles. The van der Waals surface area contributed by atoms with Crippen molar-refractivity contribution in [1.29, 1.82) is 0 Å². The summed E-state index contributed by atoms with van der Waals surface area (Å²) in [5.41, 5.74) is 2.15. The Morgan fingerprint density at radius 2 is 1.87 bits per heavy atom. The molecule has 5 rings (SSSR count). The van der Waals surface area contributed by atoms with Crippen LogP contribution in [0.15, 0.2) is 24.3 Å². The number of rotatable bonds is 2. The average molecular weight is 429 g/mol. The van der Waals surface area contributed by atoms with E-state index in [0.29, 0.717) is 17.5 Å². The number of hydrogen-bond donors (Lipinski definition) is 1. The van der Waals surface area contributed by atoms with Crippen LogP contribution in [0.25, 0.3) is 0 Å². The van der Waals surface area contributed by atoms with Crippen molar-refractivity contribution in [2.75, 3.05) is 13.6 Å². The minimum atomic E-state index is -0.833. The summed E-state index contributed by atoms with van der Waals surface area (Å²) in [7, 11) is 2.17. The van der Waals surface area contributed by atoms with Gasteiger partial charge in [0.2, 0.25) is 0 Å². The average Bonchev–Trinajstić information content (AvgIpc) is 3.01. The third-order valence-electron chi connectivity index (χ3n) is 6.67. The van der Waals surface area contributed by atoms with Gasteiger partial charge in [0.25, 0.3) is 5.97 Å². The molecular weight excluding hydrogens is 402 g/mol. The number of carbonyl (C=O) groups excluding carboxylic acids is 2. The van der Waals surface area contributed by atoms with E-state index in [-0.39, 0.29) is 29.4 Å². The third-order valence-corrected chi connectivity index (χ3v) is 6.67. The number of esters is 2. The maximum atomic E-state index is 11.7. The SMILES string of the molecule is CC(=O)O.CC(=O)Oc1ccc2c3c1O[C@H]1[C@@H](OC(C)=O)C=C[C@H]4[C@@H](C2)N(C)CC[C@@]341. The second kappa shape index (κ2) is 7.67. The molecule has 2 bridgehead atoms. The van der Waals surface area contributed by atoms with Crippen molar-refractivity contribution in [2.45, 2.75) is 57.3 Å². The van der Waals surface area contributed by atoms with Gasteiger partial charge in [-0.25, -0.2) is 0 Å². The Bertz CT molecular complexity index is 967. The maximum Gasteiger partial charge on any atom is 0.308 e. The molecule has 4 aliphatic rings. The molecule has 0 saturated carbocycles. The maximum absolute atomic E-state index is 11.7. The van der Waals surface area contributed by atoms with Crippen molar-refractivity contribution >= 4 is 17.9 Å². The lowest BCUT2D eigenvalue weighted by atomic mass is 9.53. The van der Waals surface area contributed by atoms with Crippen LogP contribution in [0.2, 0.25) is 0 Å². The van der Waals surface area contributed by atoms with Gasteiger partial charge in [-0.3, -0.25) is 14.4 Å². The Labute approximate surface area is 180 Å². The van der Waals surface area contributed by atoms with Gasteiger partial charge in [0, 0.05) is 43.7 Å². The van der Waals surface area contributed by atoms with Crippen LogP contribution < -0.4 is 9.47 Å². The Morgan fingerprint density at radius 1 is 1.16 bits per heavy atom. The van der Waals surface area contributed by atoms with Crippen LogP contribution in [0.4, 0.5) is 0 Å². The van der Waals surface area contributed by atoms with Gasteiger partial charge < -0.3 is 24.2 Å². The predicted molar refractivity (Wildman–Crippen MR) is 110 cm³/mol. The Balaban J connectivity index is 0.000000535. The summed E-state index contributed by atoms with van der Waals surface area (Å²) >= 11 is 0. The summed E-state index contributed by atoms with van der Waals surface area (Å²) in [4.78, 5) is 34.7. The van der Waals surface area contributed by atoms with Crippen molar-refractivity contribution in [1.82, 2.24) is 4.90 Å². The molecule has 0 radical (unpaired) electrons. The van der Waals surface area contributed by atoms with E-state index in [1.54, 1.807) is 0 Å². The number of piperidine rings is 1. The lowest BCUT2D eigenvalue weighted by molar-refractivity contribution is -0.152. The summed E-state index contributed by atoms with van der Waals surface area (Å²) < 4.78 is 17.5. The van der Waals surface area contributed by atoms with Gasteiger partial charge in [-0.1, -0.05) is 12.1 Å². The van der Waals surface area contributed by atoms with E-state index < -0.39 is 12.1 Å². The fourth-order valence-corrected chi connectivity index (χ4v) is 5.74. The van der Waals surface area contributed by atoms with E-state index in [9.17, 15) is 9.59 Å². The van der Waals surface area contributed by atoms with Crippen LogP contribution in [0, 0.1) is 5.92 Å². The van der Waals surface area contributed by atoms with E-state index in [0.717, 1.165) is 31.9 Å². The first-order chi connectivity index (χ1) is 14.6. The summed E-state index contributed by atoms with van der Waals surface area (Å²) in [6.45, 7) is 4.86. The number of carboxylic acid groups (broad SMARTS) is 1. The minimum Gasteiger partial charge on any atom is -0.481 e. The van der Waals surface area contributed by atoms with Gasteiger partial charge in [0.15, 0.2) is 17.6 Å². The zero-order valence-electron chi connectivity index (χ0n) is 18.1. The molecular formula is C23H27NO7. The fourth-order valence-electron chi connectivity index (χ4n) is 5.74. The van der Waals surface area contributed by atoms with Crippen LogP contribution >= 0.6 is 0 Å². The van der Waals surface area contributed by atoms with Gasteiger partial charge in [0.05, 0.1) is 0 Å². The molecule has 8 heteroatoms. The third kappa shape index (κ3) is 3.39. The molecule has 0 unspecified atom stereocenters. The minimum absolute atomic E-state index is 0.245. The summed E-state index contributed by atoms with van der Waals surface area (Å²) in [6.07, 6.45) is 5.31. The molecule has 1 N–H and O–H groups in total. The molecule has 0 amide bonds. The van der Waals surface area contributed by atoms with Gasteiger partial charge in [-0.15, -0.1) is 0 Å². The second-order valence-corrected chi connectivity index (χ2v) is 8.61. The molecule has 31 heavy (non-hydrogen) atoms. The topological polar surface area (TPSA) is 102 Å². The zero-order chi connectivity index (χ0) is 22.5. The Hall–Kier alpha value is -2.87. The molecule has 166 valence electrons. The highest BCUT2D eigenvalue weighted by Gasteiger charge is 2.65. The smallest absolute Gasteiger partial charge is 0.308 e. The number of aliphatic carboxylic acids is 1. The van der Waals surface area contributed by atoms with Crippen molar-refractivity contribution < 1.29 is 33.7 Å². The first-order valence-electron chi connectivity index (χ1n) is 10.4. The van der Waals surface area contributed by atoms with E-state index in [4.69, 9.17) is 24.1 Å². The van der Waals surface area contributed by atoms with Gasteiger partial charge in [0.1, 0.15) is 6.10 Å². The van der Waals surface area contributed by atoms with E-state index in [2.05, 4.69) is 24.1 Å². The molecule has 2 heterocycles. The quantitative estimate of drug-likeness (QED) is 0.433. The summed E-state index contributed by atoms with van der Waals surface area (Å²) in [5, 5.41) is 7.42. The highest BCUT2D eigenvalue weighted by Crippen LogP contribution is 2.62. The van der Waals surface area contributed by atoms with Crippen molar-refractivity contribution in [3.63, 3.8) is 0 Å². The molecule has 1 spiro atoms. The Morgan fingerprint density at radius 3 is 2.52 bits per heavy atom. The molecule has 5 atom stereocenters. The van der Waals surface area contributed by atoms with Crippen molar-refractivity contribution in [3.8, 4) is 11.5 Å². The predicted octanol–water partition coefficient (Wildman–Crippen LogP) is 2.08. The number of likely N-dealkylation sites (N-methyl/N-ethyl adjacent to an activating group) is 1. The van der Waals surface area contributed by atoms with Crippen LogP contribution in [0.5, 0.6) is 11.5 Å². The van der Waals surface area contributed by atoms with Crippen molar-refractivity contribution in [2.24, 2.45) is 5.92 Å². The summed E-state index contributed by atoms with van der Waals surface area (Å²) in [5.74, 6) is -0.121. The van der Waals surface area contributed by atoms with Crippen LogP contribution in [0.1, 0.15) is 38.3 Å². The second-order valence-electron chi connectivity index (χ2n) is 8.61. The summed E-state index contributed by atoms with van der Waals surface area (Å²) in [6, 6.07) is 4.28. The van der Waals surface area contributed by atoms with E-state index in [1.165, 1.54) is 19.4 Å². The number of ether oxygens (including phenoxy) is 3. The molecule has 1 aromatic rings. The van der Waals surface area contributed by atoms with Gasteiger partial charge in [-0.05, 0) is 44.1 Å². The monoisotopic (exact) mass is 429 g/mol. The van der Waals surface area contributed by atoms with Gasteiger partial charge >= 0.3 is 11.9 Å². The molecule has 1 saturated heterocycles. The number of nitrogens with zero attached hydrogens (tertiary/aromatic N) is 1. The molecule has 2 aliphatic heterocycles. The van der Waals surface area contributed by atoms with Crippen LogP contribution in [-0.2, 0) is 31.0 Å². The number of benzene rings is 1. The van der Waals surface area contributed by atoms with Crippen LogP contribution in [-0.4, -0.2) is 59.8 Å². The number of carbonyl (C=O) groups is 3. The van der Waals surface area contributed by atoms with E-state index in [1.807, 2.05) is 12.1 Å². The molecule has 1 fully saturated rings. The number of hydrogen-bond acceptors (Lipinski definition) is 7. The number of carboxylic acids is 1. The largest absolute Gasteiger partial charge is 0.481 e. The highest BCUT2D eigenvalue weighted by molar-refractivity contribution is 5.73. The lowest BCUT2D eigenvalue weighted by Crippen LogP contribution is -2.65. The molecule has 8 nitrogen and oxygen atoms in total. The Kier molecular flexibility index (Phi) is 5.29. The first kappa shape index (κ1) is 21.4. The highest BCUT2D eigenvalue weighted by atomic mass is 16.6. The number of likely N-dealkylation sites (tertiary alicyclic amines) is 1. The van der Waals surface area contributed by atoms with E-state index >= 15 is 0 Å². The van der Waals surface area contributed by atoms with Crippen molar-refractivity contribution in [3.05, 3.63) is 35.4 Å². The molecule has 1 aromatic carbocycles. The zero-order valence-corrected chi connectivity index (χ0v) is 18.1. The lowest BCUT2D eigenvalue weighted by Gasteiger charge is -2.56. The molecule has 0 aromatic heterocycles. The fraction of sp³-hybridized carbons (Fsp3) is 0.522.